The Kier molecular flexibility index (Phi) is 3.12. The zero-order valence-corrected chi connectivity index (χ0v) is 10.4. The number of pyridine rings is 1. The second-order valence-corrected chi connectivity index (χ2v) is 4.49. The molecule has 0 saturated carbocycles. The van der Waals surface area contributed by atoms with E-state index in [2.05, 4.69) is 15.4 Å². The van der Waals surface area contributed by atoms with Crippen molar-refractivity contribution in [2.75, 3.05) is 38.2 Å². The minimum Gasteiger partial charge on any atom is -0.374 e. The van der Waals surface area contributed by atoms with E-state index >= 15 is 0 Å². The summed E-state index contributed by atoms with van der Waals surface area (Å²) in [5, 5.41) is 7.75. The van der Waals surface area contributed by atoms with Crippen LogP contribution in [0.25, 0.3) is 5.65 Å². The van der Waals surface area contributed by atoms with Crippen LogP contribution in [0.15, 0.2) is 24.4 Å². The number of fused-ring (bicyclic) bond motifs is 1. The molecule has 1 N–H and O–H groups in total. The first-order valence-electron chi connectivity index (χ1n) is 6.18. The van der Waals surface area contributed by atoms with Crippen molar-refractivity contribution in [1.29, 1.82) is 0 Å². The van der Waals surface area contributed by atoms with Gasteiger partial charge in [0.15, 0.2) is 5.65 Å². The molecular weight excluding hydrogens is 230 g/mol. The summed E-state index contributed by atoms with van der Waals surface area (Å²) in [6, 6.07) is 5.85. The van der Waals surface area contributed by atoms with Crippen molar-refractivity contribution in [3.63, 3.8) is 0 Å². The predicted octanol–water partition coefficient (Wildman–Crippen LogP) is 0.154. The zero-order chi connectivity index (χ0) is 12.4. The highest BCUT2D eigenvalue weighted by Gasteiger charge is 2.17. The van der Waals surface area contributed by atoms with E-state index < -0.39 is 0 Å². The second-order valence-electron chi connectivity index (χ2n) is 4.49. The monoisotopic (exact) mass is 247 g/mol. The van der Waals surface area contributed by atoms with Crippen molar-refractivity contribution in [2.45, 2.75) is 6.10 Å². The number of ether oxygens (including phenoxy) is 1. The summed E-state index contributed by atoms with van der Waals surface area (Å²) in [4.78, 5) is 6.51. The lowest BCUT2D eigenvalue weighted by atomic mass is 10.3. The summed E-state index contributed by atoms with van der Waals surface area (Å²) >= 11 is 0. The van der Waals surface area contributed by atoms with Crippen LogP contribution in [-0.4, -0.2) is 54.0 Å². The molecule has 6 heteroatoms. The Hall–Kier alpha value is -1.66. The van der Waals surface area contributed by atoms with Gasteiger partial charge in [-0.15, -0.1) is 5.10 Å². The molecule has 0 aromatic carbocycles. The standard InChI is InChI=1S/C12H17N5O/c1-16(9-10-8-13-5-7-18-10)12-14-11-4-2-3-6-17(11)15-12/h2-4,6,10,13H,5,7-9H2,1H3. The molecule has 1 unspecified atom stereocenters. The van der Waals surface area contributed by atoms with Gasteiger partial charge in [0.1, 0.15) is 0 Å². The molecule has 2 aromatic rings. The number of likely N-dealkylation sites (N-methyl/N-ethyl adjacent to an activating group) is 1. The quantitative estimate of drug-likeness (QED) is 0.837. The van der Waals surface area contributed by atoms with E-state index in [0.717, 1.165) is 37.8 Å². The van der Waals surface area contributed by atoms with E-state index in [9.17, 15) is 0 Å². The summed E-state index contributed by atoms with van der Waals surface area (Å²) < 4.78 is 7.46. The Balaban J connectivity index is 1.72. The maximum Gasteiger partial charge on any atom is 0.245 e. The first-order chi connectivity index (χ1) is 8.83. The fourth-order valence-electron chi connectivity index (χ4n) is 2.11. The number of hydrogen-bond acceptors (Lipinski definition) is 5. The average Bonchev–Trinajstić information content (AvgIpc) is 2.84. The third kappa shape index (κ3) is 2.30. The first kappa shape index (κ1) is 11.4. The number of rotatable bonds is 3. The molecule has 6 nitrogen and oxygen atoms in total. The molecule has 0 aliphatic carbocycles. The Bertz CT molecular complexity index is 487. The Morgan fingerprint density at radius 1 is 1.56 bits per heavy atom. The second kappa shape index (κ2) is 4.91. The molecule has 3 rings (SSSR count). The van der Waals surface area contributed by atoms with Crippen LogP contribution in [0.4, 0.5) is 5.95 Å². The van der Waals surface area contributed by atoms with Crippen molar-refractivity contribution in [2.24, 2.45) is 0 Å². The minimum atomic E-state index is 0.204. The van der Waals surface area contributed by atoms with Crippen LogP contribution in [-0.2, 0) is 4.74 Å². The van der Waals surface area contributed by atoms with Crippen molar-refractivity contribution in [3.05, 3.63) is 24.4 Å². The molecule has 1 aliphatic heterocycles. The summed E-state index contributed by atoms with van der Waals surface area (Å²) in [5.74, 6) is 0.732. The Morgan fingerprint density at radius 2 is 2.50 bits per heavy atom. The molecule has 0 bridgehead atoms. The largest absolute Gasteiger partial charge is 0.374 e. The maximum absolute atomic E-state index is 5.68. The summed E-state index contributed by atoms with van der Waals surface area (Å²) in [5.41, 5.74) is 0.863. The fraction of sp³-hybridized carbons (Fsp3) is 0.500. The van der Waals surface area contributed by atoms with Crippen LogP contribution in [0.5, 0.6) is 0 Å². The zero-order valence-electron chi connectivity index (χ0n) is 10.4. The molecule has 1 fully saturated rings. The van der Waals surface area contributed by atoms with Crippen molar-refractivity contribution >= 4 is 11.6 Å². The molecule has 1 aliphatic rings. The third-order valence-electron chi connectivity index (χ3n) is 3.05. The van der Waals surface area contributed by atoms with Gasteiger partial charge < -0.3 is 15.0 Å². The molecule has 1 atom stereocenters. The lowest BCUT2D eigenvalue weighted by molar-refractivity contribution is 0.0338. The van der Waals surface area contributed by atoms with Crippen LogP contribution in [0, 0.1) is 0 Å². The number of nitrogens with zero attached hydrogens (tertiary/aromatic N) is 4. The normalized spacial score (nSPS) is 20.2. The Labute approximate surface area is 106 Å². The van der Waals surface area contributed by atoms with Gasteiger partial charge in [-0.2, -0.15) is 4.98 Å². The van der Waals surface area contributed by atoms with Gasteiger partial charge in [0.05, 0.1) is 12.7 Å². The van der Waals surface area contributed by atoms with E-state index in [0.29, 0.717) is 0 Å². The lowest BCUT2D eigenvalue weighted by Crippen LogP contribution is -2.44. The van der Waals surface area contributed by atoms with Gasteiger partial charge in [-0.3, -0.25) is 0 Å². The molecular formula is C12H17N5O. The van der Waals surface area contributed by atoms with Gasteiger partial charge in [0.25, 0.3) is 0 Å². The number of aromatic nitrogens is 3. The summed E-state index contributed by atoms with van der Waals surface area (Å²) in [6.07, 6.45) is 2.11. The van der Waals surface area contributed by atoms with Gasteiger partial charge in [-0.05, 0) is 12.1 Å². The van der Waals surface area contributed by atoms with Gasteiger partial charge >= 0.3 is 0 Å². The molecule has 18 heavy (non-hydrogen) atoms. The molecule has 2 aromatic heterocycles. The highest BCUT2D eigenvalue weighted by Crippen LogP contribution is 2.10. The van der Waals surface area contributed by atoms with Gasteiger partial charge in [0.2, 0.25) is 5.95 Å². The maximum atomic E-state index is 5.68. The van der Waals surface area contributed by atoms with E-state index in [1.54, 1.807) is 4.52 Å². The van der Waals surface area contributed by atoms with E-state index in [1.165, 1.54) is 0 Å². The highest BCUT2D eigenvalue weighted by molar-refractivity contribution is 5.43. The molecule has 1 saturated heterocycles. The number of nitrogens with one attached hydrogen (secondary N) is 1. The van der Waals surface area contributed by atoms with Crippen molar-refractivity contribution in [1.82, 2.24) is 19.9 Å². The smallest absolute Gasteiger partial charge is 0.245 e. The van der Waals surface area contributed by atoms with Gasteiger partial charge in [-0.1, -0.05) is 6.07 Å². The molecule has 0 spiro atoms. The van der Waals surface area contributed by atoms with E-state index in [1.807, 2.05) is 36.3 Å². The van der Waals surface area contributed by atoms with Crippen molar-refractivity contribution in [3.8, 4) is 0 Å². The van der Waals surface area contributed by atoms with E-state index in [4.69, 9.17) is 4.74 Å². The van der Waals surface area contributed by atoms with Crippen molar-refractivity contribution < 1.29 is 4.74 Å². The van der Waals surface area contributed by atoms with Gasteiger partial charge in [-0.25, -0.2) is 4.52 Å². The van der Waals surface area contributed by atoms with Gasteiger partial charge in [0, 0.05) is 32.9 Å². The lowest BCUT2D eigenvalue weighted by Gasteiger charge is -2.27. The number of morpholine rings is 1. The summed E-state index contributed by atoms with van der Waals surface area (Å²) in [7, 11) is 1.99. The SMILES string of the molecule is CN(CC1CNCCO1)c1nc2ccccn2n1. The molecule has 0 radical (unpaired) electrons. The van der Waals surface area contributed by atoms with Crippen LogP contribution < -0.4 is 10.2 Å². The Morgan fingerprint density at radius 3 is 3.28 bits per heavy atom. The van der Waals surface area contributed by atoms with Crippen LogP contribution >= 0.6 is 0 Å². The number of anilines is 1. The molecule has 3 heterocycles. The number of hydrogen-bond donors (Lipinski definition) is 1. The fourth-order valence-corrected chi connectivity index (χ4v) is 2.11. The highest BCUT2D eigenvalue weighted by atomic mass is 16.5. The predicted molar refractivity (Wildman–Crippen MR) is 68.9 cm³/mol. The third-order valence-corrected chi connectivity index (χ3v) is 3.05. The summed E-state index contributed by atoms with van der Waals surface area (Å²) in [6.45, 7) is 3.39. The van der Waals surface area contributed by atoms with E-state index in [-0.39, 0.29) is 6.10 Å². The topological polar surface area (TPSA) is 54.7 Å². The van der Waals surface area contributed by atoms with Crippen LogP contribution in [0.3, 0.4) is 0 Å². The molecule has 0 amide bonds. The minimum absolute atomic E-state index is 0.204. The molecule has 96 valence electrons. The average molecular weight is 247 g/mol. The van der Waals surface area contributed by atoms with Crippen LogP contribution in [0.2, 0.25) is 0 Å². The van der Waals surface area contributed by atoms with Crippen LogP contribution in [0.1, 0.15) is 0 Å². The first-order valence-corrected chi connectivity index (χ1v) is 6.18.